The van der Waals surface area contributed by atoms with E-state index in [0.717, 1.165) is 22.2 Å². The molecule has 0 saturated heterocycles. The fourth-order valence-corrected chi connectivity index (χ4v) is 2.65. The number of nitrogens with one attached hydrogen (secondary N) is 2. The average molecular weight is 279 g/mol. The summed E-state index contributed by atoms with van der Waals surface area (Å²) in [6, 6.07) is 15.2. The van der Waals surface area contributed by atoms with E-state index in [0.29, 0.717) is 12.3 Å². The number of H-pyrrole nitrogens is 1. The van der Waals surface area contributed by atoms with Crippen LogP contribution in [0, 0.1) is 0 Å². The van der Waals surface area contributed by atoms with Crippen LogP contribution >= 0.6 is 0 Å². The van der Waals surface area contributed by atoms with Crippen molar-refractivity contribution in [2.75, 3.05) is 6.61 Å². The van der Waals surface area contributed by atoms with Crippen LogP contribution in [0.4, 0.5) is 0 Å². The second kappa shape index (κ2) is 4.63. The van der Waals surface area contributed by atoms with Crippen LogP contribution in [0.1, 0.15) is 22.1 Å². The molecule has 2 N–H and O–H groups in total. The molecule has 1 aromatic heterocycles. The minimum Gasteiger partial charge on any atom is -0.491 e. The Bertz CT molecular complexity index is 825. The minimum atomic E-state index is -0.197. The van der Waals surface area contributed by atoms with Crippen molar-refractivity contribution >= 4 is 16.8 Å². The van der Waals surface area contributed by atoms with E-state index in [2.05, 4.69) is 15.5 Å². The molecule has 1 amide bonds. The number of amides is 1. The molecule has 1 aliphatic heterocycles. The van der Waals surface area contributed by atoms with Crippen molar-refractivity contribution in [3.05, 3.63) is 59.8 Å². The molecule has 5 nitrogen and oxygen atoms in total. The Balaban J connectivity index is 1.62. The molecule has 4 rings (SSSR count). The molecular weight excluding hydrogens is 266 g/mol. The Kier molecular flexibility index (Phi) is 2.64. The molecule has 21 heavy (non-hydrogen) atoms. The molecular formula is C16H13N3O2. The summed E-state index contributed by atoms with van der Waals surface area (Å²) in [7, 11) is 0. The number of aromatic nitrogens is 2. The first-order valence-electron chi connectivity index (χ1n) is 6.78. The van der Waals surface area contributed by atoms with Crippen LogP contribution in [0.15, 0.2) is 48.5 Å². The van der Waals surface area contributed by atoms with Gasteiger partial charge in [-0.2, -0.15) is 5.10 Å². The number of carbonyl (C=O) groups excluding carboxylic acids is 1. The lowest BCUT2D eigenvalue weighted by molar-refractivity contribution is 0.0927. The minimum absolute atomic E-state index is 0.135. The highest BCUT2D eigenvalue weighted by Gasteiger charge is 2.26. The van der Waals surface area contributed by atoms with Crippen molar-refractivity contribution in [3.8, 4) is 5.75 Å². The lowest BCUT2D eigenvalue weighted by Gasteiger charge is -2.10. The molecule has 5 heteroatoms. The van der Waals surface area contributed by atoms with E-state index in [4.69, 9.17) is 4.74 Å². The van der Waals surface area contributed by atoms with E-state index in [9.17, 15) is 4.79 Å². The first kappa shape index (κ1) is 12.0. The summed E-state index contributed by atoms with van der Waals surface area (Å²) in [5, 5.41) is 10.8. The van der Waals surface area contributed by atoms with Crippen molar-refractivity contribution in [2.45, 2.75) is 6.04 Å². The van der Waals surface area contributed by atoms with E-state index in [1.165, 1.54) is 0 Å². The van der Waals surface area contributed by atoms with Gasteiger partial charge in [0.05, 0.1) is 11.6 Å². The molecule has 0 fully saturated rings. The maximum absolute atomic E-state index is 12.4. The lowest BCUT2D eigenvalue weighted by atomic mass is 10.1. The van der Waals surface area contributed by atoms with Crippen LogP contribution < -0.4 is 10.1 Å². The zero-order valence-corrected chi connectivity index (χ0v) is 11.2. The smallest absolute Gasteiger partial charge is 0.273 e. The zero-order chi connectivity index (χ0) is 14.2. The number of para-hydroxylation sites is 2. The van der Waals surface area contributed by atoms with Gasteiger partial charge in [0.2, 0.25) is 0 Å². The number of fused-ring (bicyclic) bond motifs is 2. The third-order valence-electron chi connectivity index (χ3n) is 3.69. The number of hydrogen-bond acceptors (Lipinski definition) is 3. The second-order valence-electron chi connectivity index (χ2n) is 4.99. The van der Waals surface area contributed by atoms with Gasteiger partial charge in [0, 0.05) is 10.9 Å². The zero-order valence-electron chi connectivity index (χ0n) is 11.2. The van der Waals surface area contributed by atoms with E-state index in [1.54, 1.807) is 0 Å². The first-order chi connectivity index (χ1) is 10.3. The van der Waals surface area contributed by atoms with Crippen molar-refractivity contribution < 1.29 is 9.53 Å². The topological polar surface area (TPSA) is 67.0 Å². The fraction of sp³-hybridized carbons (Fsp3) is 0.125. The first-order valence-corrected chi connectivity index (χ1v) is 6.78. The monoisotopic (exact) mass is 279 g/mol. The third kappa shape index (κ3) is 1.94. The van der Waals surface area contributed by atoms with Crippen LogP contribution in [0.5, 0.6) is 5.75 Å². The molecule has 1 unspecified atom stereocenters. The van der Waals surface area contributed by atoms with Crippen molar-refractivity contribution in [1.82, 2.24) is 15.5 Å². The van der Waals surface area contributed by atoms with Crippen LogP contribution in [-0.2, 0) is 0 Å². The molecule has 0 aliphatic carbocycles. The van der Waals surface area contributed by atoms with Gasteiger partial charge in [0.25, 0.3) is 5.91 Å². The number of rotatable bonds is 2. The van der Waals surface area contributed by atoms with Crippen LogP contribution in [0.25, 0.3) is 10.9 Å². The van der Waals surface area contributed by atoms with Gasteiger partial charge < -0.3 is 10.1 Å². The Morgan fingerprint density at radius 1 is 1.19 bits per heavy atom. The van der Waals surface area contributed by atoms with Gasteiger partial charge in [-0.1, -0.05) is 36.4 Å². The Hall–Kier alpha value is -2.82. The van der Waals surface area contributed by atoms with E-state index >= 15 is 0 Å². The molecule has 0 spiro atoms. The average Bonchev–Trinajstić information content (AvgIpc) is 3.12. The van der Waals surface area contributed by atoms with Crippen molar-refractivity contribution in [1.29, 1.82) is 0 Å². The Labute approximate surface area is 120 Å². The van der Waals surface area contributed by atoms with Gasteiger partial charge >= 0.3 is 0 Å². The summed E-state index contributed by atoms with van der Waals surface area (Å²) in [5.41, 5.74) is 2.27. The Morgan fingerprint density at radius 3 is 2.95 bits per heavy atom. The standard InChI is InChI=1S/C16H13N3O2/c20-16(15-11-6-1-3-7-12(11)18-19-15)17-13-9-21-14-8-4-2-5-10(13)14/h1-8,13H,9H2,(H,17,20)(H,18,19). The lowest BCUT2D eigenvalue weighted by Crippen LogP contribution is -2.29. The fourth-order valence-electron chi connectivity index (χ4n) is 2.65. The highest BCUT2D eigenvalue weighted by molar-refractivity contribution is 6.04. The molecule has 1 aliphatic rings. The summed E-state index contributed by atoms with van der Waals surface area (Å²) in [4.78, 5) is 12.4. The predicted molar refractivity (Wildman–Crippen MR) is 78.2 cm³/mol. The van der Waals surface area contributed by atoms with Gasteiger partial charge in [-0.3, -0.25) is 9.89 Å². The number of aromatic amines is 1. The van der Waals surface area contributed by atoms with E-state index < -0.39 is 0 Å². The van der Waals surface area contributed by atoms with Crippen LogP contribution in [0.3, 0.4) is 0 Å². The van der Waals surface area contributed by atoms with E-state index in [1.807, 2.05) is 48.5 Å². The third-order valence-corrected chi connectivity index (χ3v) is 3.69. The quantitative estimate of drug-likeness (QED) is 0.757. The number of carbonyl (C=O) groups is 1. The highest BCUT2D eigenvalue weighted by Crippen LogP contribution is 2.31. The summed E-state index contributed by atoms with van der Waals surface area (Å²) in [6.07, 6.45) is 0. The summed E-state index contributed by atoms with van der Waals surface area (Å²) >= 11 is 0. The van der Waals surface area contributed by atoms with Crippen molar-refractivity contribution in [2.24, 2.45) is 0 Å². The number of hydrogen-bond donors (Lipinski definition) is 2. The van der Waals surface area contributed by atoms with Gasteiger partial charge in [0.15, 0.2) is 5.69 Å². The molecule has 0 bridgehead atoms. The molecule has 0 saturated carbocycles. The van der Waals surface area contributed by atoms with Gasteiger partial charge in [-0.05, 0) is 12.1 Å². The highest BCUT2D eigenvalue weighted by atomic mass is 16.5. The normalized spacial score (nSPS) is 16.5. The van der Waals surface area contributed by atoms with Gasteiger partial charge in [0.1, 0.15) is 12.4 Å². The van der Waals surface area contributed by atoms with Gasteiger partial charge in [-0.25, -0.2) is 0 Å². The number of benzene rings is 2. The molecule has 0 radical (unpaired) electrons. The predicted octanol–water partition coefficient (Wildman–Crippen LogP) is 2.43. The van der Waals surface area contributed by atoms with Crippen molar-refractivity contribution in [3.63, 3.8) is 0 Å². The Morgan fingerprint density at radius 2 is 2.00 bits per heavy atom. The van der Waals surface area contributed by atoms with Crippen LogP contribution in [0.2, 0.25) is 0 Å². The van der Waals surface area contributed by atoms with E-state index in [-0.39, 0.29) is 11.9 Å². The second-order valence-corrected chi connectivity index (χ2v) is 4.99. The summed E-state index contributed by atoms with van der Waals surface area (Å²) in [5.74, 6) is 0.632. The molecule has 2 heterocycles. The number of ether oxygens (including phenoxy) is 1. The molecule has 1 atom stereocenters. The van der Waals surface area contributed by atoms with Crippen LogP contribution in [-0.4, -0.2) is 22.7 Å². The molecule has 2 aromatic carbocycles. The maximum atomic E-state index is 12.4. The SMILES string of the molecule is O=C(NC1COc2ccccc21)c1n[nH]c2ccccc12. The maximum Gasteiger partial charge on any atom is 0.273 e. The molecule has 104 valence electrons. The summed E-state index contributed by atoms with van der Waals surface area (Å²) in [6.45, 7) is 0.452. The van der Waals surface area contributed by atoms with Gasteiger partial charge in [-0.15, -0.1) is 0 Å². The summed E-state index contributed by atoms with van der Waals surface area (Å²) < 4.78 is 5.57. The molecule has 3 aromatic rings. The largest absolute Gasteiger partial charge is 0.491 e. The number of nitrogens with zero attached hydrogens (tertiary/aromatic N) is 1.